The molecule has 0 spiro atoms. The van der Waals surface area contributed by atoms with Gasteiger partial charge in [-0.1, -0.05) is 35.5 Å². The van der Waals surface area contributed by atoms with Gasteiger partial charge in [0.25, 0.3) is 5.91 Å². The second kappa shape index (κ2) is 11.0. The number of nitrogens with zero attached hydrogens (tertiary/aromatic N) is 2. The van der Waals surface area contributed by atoms with Crippen molar-refractivity contribution in [2.24, 2.45) is 0 Å². The summed E-state index contributed by atoms with van der Waals surface area (Å²) in [7, 11) is 0. The highest BCUT2D eigenvalue weighted by Gasteiger charge is 2.27. The molecule has 0 saturated carbocycles. The molecule has 31 heavy (non-hydrogen) atoms. The lowest BCUT2D eigenvalue weighted by atomic mass is 10.0. The number of carbonyl (C=O) groups is 3. The van der Waals surface area contributed by atoms with E-state index >= 15 is 0 Å². The molecule has 0 bridgehead atoms. The van der Waals surface area contributed by atoms with Crippen molar-refractivity contribution in [1.82, 2.24) is 10.1 Å². The van der Waals surface area contributed by atoms with E-state index in [0.717, 1.165) is 17.3 Å². The maximum absolute atomic E-state index is 12.7. The Morgan fingerprint density at radius 2 is 1.90 bits per heavy atom. The van der Waals surface area contributed by atoms with E-state index in [4.69, 9.17) is 9.26 Å². The van der Waals surface area contributed by atoms with E-state index in [1.54, 1.807) is 24.8 Å². The Labute approximate surface area is 186 Å². The van der Waals surface area contributed by atoms with Crippen LogP contribution < -0.4 is 5.32 Å². The van der Waals surface area contributed by atoms with Crippen molar-refractivity contribution >= 4 is 35.4 Å². The van der Waals surface area contributed by atoms with Crippen molar-refractivity contribution in [3.8, 4) is 0 Å². The van der Waals surface area contributed by atoms with Gasteiger partial charge in [0.15, 0.2) is 12.4 Å². The Morgan fingerprint density at radius 1 is 1.23 bits per heavy atom. The molecule has 0 aliphatic heterocycles. The second-order valence-corrected chi connectivity index (χ2v) is 9.39. The first-order chi connectivity index (χ1) is 14.6. The minimum Gasteiger partial charge on any atom is -0.455 e. The van der Waals surface area contributed by atoms with E-state index in [-0.39, 0.29) is 24.2 Å². The van der Waals surface area contributed by atoms with Crippen LogP contribution in [0.1, 0.15) is 39.0 Å². The monoisotopic (exact) mass is 447 g/mol. The molecule has 0 unspecified atom stereocenters. The van der Waals surface area contributed by atoms with Crippen molar-refractivity contribution in [2.45, 2.75) is 52.0 Å². The molecule has 2 amide bonds. The lowest BCUT2D eigenvalue weighted by Gasteiger charge is -2.35. The third kappa shape index (κ3) is 8.09. The SMILES string of the molecule is Cc1cc(NC(=O)[C@H](C)SCC(=O)OCC(=O)N(Cc2ccccc2)C(C)(C)C)no1. The number of thioether (sulfide) groups is 1. The van der Waals surface area contributed by atoms with Gasteiger partial charge in [-0.3, -0.25) is 14.4 Å². The zero-order valence-corrected chi connectivity index (χ0v) is 19.3. The molecule has 2 rings (SSSR count). The average Bonchev–Trinajstić information content (AvgIpc) is 3.12. The number of benzene rings is 1. The normalized spacial score (nSPS) is 12.2. The summed E-state index contributed by atoms with van der Waals surface area (Å²) in [5, 5.41) is 5.80. The Kier molecular flexibility index (Phi) is 8.67. The Morgan fingerprint density at radius 3 is 2.48 bits per heavy atom. The molecule has 9 heteroatoms. The van der Waals surface area contributed by atoms with Crippen LogP contribution in [-0.4, -0.2) is 51.0 Å². The number of amides is 2. The number of esters is 1. The summed E-state index contributed by atoms with van der Waals surface area (Å²) in [4.78, 5) is 38.6. The molecule has 0 radical (unpaired) electrons. The molecule has 0 fully saturated rings. The van der Waals surface area contributed by atoms with E-state index < -0.39 is 16.8 Å². The molecular formula is C22H29N3O5S. The Bertz CT molecular complexity index is 892. The largest absolute Gasteiger partial charge is 0.455 e. The number of ether oxygens (including phenoxy) is 1. The molecule has 1 heterocycles. The molecule has 168 valence electrons. The first kappa shape index (κ1) is 24.5. The van der Waals surface area contributed by atoms with Crippen LogP contribution in [0.3, 0.4) is 0 Å². The first-order valence-electron chi connectivity index (χ1n) is 9.92. The van der Waals surface area contributed by atoms with Crippen LogP contribution in [0.5, 0.6) is 0 Å². The third-order valence-corrected chi connectivity index (χ3v) is 5.47. The van der Waals surface area contributed by atoms with Crippen LogP contribution in [0.25, 0.3) is 0 Å². The van der Waals surface area contributed by atoms with Gasteiger partial charge < -0.3 is 19.5 Å². The second-order valence-electron chi connectivity index (χ2n) is 8.06. The molecule has 2 aromatic rings. The van der Waals surface area contributed by atoms with Gasteiger partial charge in [0.1, 0.15) is 5.76 Å². The number of hydrogen-bond acceptors (Lipinski definition) is 7. The van der Waals surface area contributed by atoms with Gasteiger partial charge in [-0.2, -0.15) is 0 Å². The van der Waals surface area contributed by atoms with Crippen LogP contribution in [0.2, 0.25) is 0 Å². The standard InChI is InChI=1S/C22H29N3O5S/c1-15-11-18(24-30-15)23-21(28)16(2)31-14-20(27)29-13-19(26)25(22(3,4)5)12-17-9-7-6-8-10-17/h6-11,16H,12-14H2,1-5H3,(H,23,24,28)/t16-/m0/s1. The van der Waals surface area contributed by atoms with Crippen LogP contribution in [0.4, 0.5) is 5.82 Å². The summed E-state index contributed by atoms with van der Waals surface area (Å²) in [6, 6.07) is 11.2. The zero-order chi connectivity index (χ0) is 23.0. The average molecular weight is 448 g/mol. The number of aryl methyl sites for hydroxylation is 1. The fourth-order valence-electron chi connectivity index (χ4n) is 2.65. The summed E-state index contributed by atoms with van der Waals surface area (Å²) in [6.07, 6.45) is 0. The lowest BCUT2D eigenvalue weighted by Crippen LogP contribution is -2.46. The summed E-state index contributed by atoms with van der Waals surface area (Å²) in [5.74, 6) is -0.271. The Balaban J connectivity index is 1.80. The van der Waals surface area contributed by atoms with Crippen LogP contribution in [0.15, 0.2) is 40.9 Å². The van der Waals surface area contributed by atoms with Crippen LogP contribution in [-0.2, 0) is 25.7 Å². The van der Waals surface area contributed by atoms with Gasteiger partial charge >= 0.3 is 5.97 Å². The van der Waals surface area contributed by atoms with Gasteiger partial charge in [-0.15, -0.1) is 11.8 Å². The number of anilines is 1. The van der Waals surface area contributed by atoms with Crippen molar-refractivity contribution in [2.75, 3.05) is 17.7 Å². The van der Waals surface area contributed by atoms with Crippen molar-refractivity contribution in [3.63, 3.8) is 0 Å². The summed E-state index contributed by atoms with van der Waals surface area (Å²) in [6.45, 7) is 9.27. The van der Waals surface area contributed by atoms with Crippen molar-refractivity contribution < 1.29 is 23.6 Å². The molecule has 1 atom stereocenters. The van der Waals surface area contributed by atoms with E-state index in [0.29, 0.717) is 18.1 Å². The van der Waals surface area contributed by atoms with Gasteiger partial charge in [-0.05, 0) is 40.2 Å². The fraction of sp³-hybridized carbons (Fsp3) is 0.455. The number of nitrogens with one attached hydrogen (secondary N) is 1. The predicted molar refractivity (Wildman–Crippen MR) is 119 cm³/mol. The van der Waals surface area contributed by atoms with Crippen LogP contribution >= 0.6 is 11.8 Å². The number of hydrogen-bond donors (Lipinski definition) is 1. The lowest BCUT2D eigenvalue weighted by molar-refractivity contribution is -0.152. The number of carbonyl (C=O) groups excluding carboxylic acids is 3. The summed E-state index contributed by atoms with van der Waals surface area (Å²) in [5.41, 5.74) is 0.565. The molecule has 0 aliphatic rings. The highest BCUT2D eigenvalue weighted by Crippen LogP contribution is 2.18. The molecule has 1 aromatic carbocycles. The van der Waals surface area contributed by atoms with Gasteiger partial charge in [0.2, 0.25) is 5.91 Å². The zero-order valence-electron chi connectivity index (χ0n) is 18.5. The van der Waals surface area contributed by atoms with Gasteiger partial charge in [0, 0.05) is 18.2 Å². The maximum atomic E-state index is 12.7. The molecule has 0 saturated heterocycles. The van der Waals surface area contributed by atoms with Gasteiger partial charge in [0.05, 0.1) is 11.0 Å². The summed E-state index contributed by atoms with van der Waals surface area (Å²) < 4.78 is 10.1. The minimum absolute atomic E-state index is 0.0477. The first-order valence-corrected chi connectivity index (χ1v) is 11.0. The molecular weight excluding hydrogens is 418 g/mol. The Hall–Kier alpha value is -2.81. The quantitative estimate of drug-likeness (QED) is 0.588. The number of aromatic nitrogens is 1. The highest BCUT2D eigenvalue weighted by atomic mass is 32.2. The molecule has 1 N–H and O–H groups in total. The minimum atomic E-state index is -0.552. The summed E-state index contributed by atoms with van der Waals surface area (Å²) >= 11 is 1.12. The number of rotatable bonds is 9. The molecule has 8 nitrogen and oxygen atoms in total. The molecule has 0 aliphatic carbocycles. The maximum Gasteiger partial charge on any atom is 0.316 e. The van der Waals surface area contributed by atoms with Crippen molar-refractivity contribution in [3.05, 3.63) is 47.7 Å². The smallest absolute Gasteiger partial charge is 0.316 e. The van der Waals surface area contributed by atoms with Crippen molar-refractivity contribution in [1.29, 1.82) is 0 Å². The fourth-order valence-corrected chi connectivity index (χ4v) is 3.33. The predicted octanol–water partition coefficient (Wildman–Crippen LogP) is 3.41. The van der Waals surface area contributed by atoms with E-state index in [1.807, 2.05) is 51.1 Å². The molecule has 1 aromatic heterocycles. The third-order valence-electron chi connectivity index (χ3n) is 4.35. The van der Waals surface area contributed by atoms with E-state index in [1.165, 1.54) is 0 Å². The van der Waals surface area contributed by atoms with E-state index in [2.05, 4.69) is 10.5 Å². The van der Waals surface area contributed by atoms with Crippen LogP contribution in [0, 0.1) is 6.92 Å². The van der Waals surface area contributed by atoms with E-state index in [9.17, 15) is 14.4 Å². The highest BCUT2D eigenvalue weighted by molar-refractivity contribution is 8.01. The van der Waals surface area contributed by atoms with Gasteiger partial charge in [-0.25, -0.2) is 0 Å². The topological polar surface area (TPSA) is 102 Å².